The Labute approximate surface area is 136 Å². The van der Waals surface area contributed by atoms with E-state index in [1.807, 2.05) is 34.7 Å². The summed E-state index contributed by atoms with van der Waals surface area (Å²) in [6, 6.07) is 0. The summed E-state index contributed by atoms with van der Waals surface area (Å²) in [7, 11) is 1.85. The Morgan fingerprint density at radius 1 is 1.14 bits per heavy atom. The van der Waals surface area contributed by atoms with Crippen LogP contribution < -0.4 is 10.6 Å². The zero-order valence-corrected chi connectivity index (χ0v) is 15.7. The van der Waals surface area contributed by atoms with Crippen molar-refractivity contribution < 1.29 is 18.7 Å². The quantitative estimate of drug-likeness (QED) is 0.606. The Morgan fingerprint density at radius 3 is 2.14 bits per heavy atom. The van der Waals surface area contributed by atoms with Crippen molar-refractivity contribution in [2.24, 2.45) is 0 Å². The first-order chi connectivity index (χ1) is 10.4. The van der Waals surface area contributed by atoms with Gasteiger partial charge in [-0.05, 0) is 20.9 Å². The maximum Gasteiger partial charge on any atom is 0.216 e. The van der Waals surface area contributed by atoms with E-state index in [1.54, 1.807) is 13.8 Å². The van der Waals surface area contributed by atoms with Gasteiger partial charge >= 0.3 is 0 Å². The number of rotatable bonds is 10. The van der Waals surface area contributed by atoms with Gasteiger partial charge < -0.3 is 20.1 Å². The van der Waals surface area contributed by atoms with Gasteiger partial charge in [0.1, 0.15) is 6.17 Å². The molecule has 0 aromatic carbocycles. The SMILES string of the molecule is CC.CC.CNCCOCCOC(C)(C)C(F)CNC(C)=O. The topological polar surface area (TPSA) is 59.6 Å². The summed E-state index contributed by atoms with van der Waals surface area (Å²) in [6.45, 7) is 14.8. The summed E-state index contributed by atoms with van der Waals surface area (Å²) >= 11 is 0. The van der Waals surface area contributed by atoms with Gasteiger partial charge in [0.05, 0.1) is 32.0 Å². The number of carbonyl (C=O) groups excluding carboxylic acids is 1. The third-order valence-corrected chi connectivity index (χ3v) is 2.48. The fraction of sp³-hybridized carbons (Fsp3) is 0.938. The molecule has 0 radical (unpaired) electrons. The number of alkyl halides is 1. The average Bonchev–Trinajstić information content (AvgIpc) is 2.52. The molecular weight excluding hydrogens is 287 g/mol. The Balaban J connectivity index is -0.000000826. The lowest BCUT2D eigenvalue weighted by atomic mass is 10.0. The number of halogens is 1. The monoisotopic (exact) mass is 324 g/mol. The summed E-state index contributed by atoms with van der Waals surface area (Å²) in [6.07, 6.45) is -1.25. The standard InChI is InChI=1S/C12H25FN2O3.2C2H6/c1-10(16)15-9-11(13)12(2,3)18-8-7-17-6-5-14-4;2*1-2/h11,14H,5-9H2,1-4H3,(H,15,16);2*1-2H3. The first-order valence-corrected chi connectivity index (χ1v) is 8.15. The molecule has 0 spiro atoms. The molecule has 0 saturated heterocycles. The molecule has 0 fully saturated rings. The number of amides is 1. The lowest BCUT2D eigenvalue weighted by Crippen LogP contribution is -2.44. The molecule has 136 valence electrons. The van der Waals surface area contributed by atoms with Crippen molar-refractivity contribution in [3.05, 3.63) is 0 Å². The fourth-order valence-electron chi connectivity index (χ4n) is 1.21. The van der Waals surface area contributed by atoms with Crippen LogP contribution in [-0.2, 0) is 14.3 Å². The normalized spacial score (nSPS) is 11.5. The highest BCUT2D eigenvalue weighted by Crippen LogP contribution is 2.17. The maximum absolute atomic E-state index is 13.8. The van der Waals surface area contributed by atoms with E-state index in [9.17, 15) is 9.18 Å². The molecule has 0 saturated carbocycles. The molecule has 1 atom stereocenters. The van der Waals surface area contributed by atoms with Crippen molar-refractivity contribution in [1.82, 2.24) is 10.6 Å². The number of carbonyl (C=O) groups is 1. The van der Waals surface area contributed by atoms with Crippen LogP contribution in [0.1, 0.15) is 48.5 Å². The van der Waals surface area contributed by atoms with Crippen LogP contribution in [0.15, 0.2) is 0 Å². The van der Waals surface area contributed by atoms with Gasteiger partial charge in [0.15, 0.2) is 0 Å². The second-order valence-corrected chi connectivity index (χ2v) is 4.57. The van der Waals surface area contributed by atoms with E-state index in [0.717, 1.165) is 6.54 Å². The Morgan fingerprint density at radius 2 is 1.68 bits per heavy atom. The number of hydrogen-bond acceptors (Lipinski definition) is 4. The van der Waals surface area contributed by atoms with Crippen LogP contribution in [-0.4, -0.2) is 57.6 Å². The zero-order valence-electron chi connectivity index (χ0n) is 15.7. The van der Waals surface area contributed by atoms with E-state index >= 15 is 0 Å². The molecule has 0 aliphatic rings. The van der Waals surface area contributed by atoms with Gasteiger partial charge in [-0.15, -0.1) is 0 Å². The van der Waals surface area contributed by atoms with Crippen LogP contribution in [0.3, 0.4) is 0 Å². The van der Waals surface area contributed by atoms with Gasteiger partial charge in [0.2, 0.25) is 5.91 Å². The Hall–Kier alpha value is -0.720. The molecule has 0 aromatic rings. The van der Waals surface area contributed by atoms with Gasteiger partial charge in [-0.3, -0.25) is 4.79 Å². The molecule has 1 unspecified atom stereocenters. The predicted molar refractivity (Wildman–Crippen MR) is 91.1 cm³/mol. The minimum absolute atomic E-state index is 0.0387. The second-order valence-electron chi connectivity index (χ2n) is 4.57. The molecule has 5 nitrogen and oxygen atoms in total. The summed E-state index contributed by atoms with van der Waals surface area (Å²) in [5.74, 6) is -0.246. The molecule has 0 rings (SSSR count). The van der Waals surface area contributed by atoms with Crippen LogP contribution in [0.2, 0.25) is 0 Å². The molecule has 2 N–H and O–H groups in total. The van der Waals surface area contributed by atoms with Crippen molar-refractivity contribution in [3.63, 3.8) is 0 Å². The highest BCUT2D eigenvalue weighted by atomic mass is 19.1. The first kappa shape index (κ1) is 26.2. The third-order valence-electron chi connectivity index (χ3n) is 2.48. The van der Waals surface area contributed by atoms with Gasteiger partial charge in [0, 0.05) is 13.5 Å². The Kier molecular flexibility index (Phi) is 21.8. The van der Waals surface area contributed by atoms with Crippen molar-refractivity contribution in [2.45, 2.75) is 60.2 Å². The molecule has 6 heteroatoms. The smallest absolute Gasteiger partial charge is 0.216 e. The molecule has 0 bridgehead atoms. The number of ether oxygens (including phenoxy) is 2. The van der Waals surface area contributed by atoms with Crippen molar-refractivity contribution in [3.8, 4) is 0 Å². The summed E-state index contributed by atoms with van der Waals surface area (Å²) in [4.78, 5) is 10.7. The van der Waals surface area contributed by atoms with E-state index in [0.29, 0.717) is 19.8 Å². The minimum Gasteiger partial charge on any atom is -0.378 e. The third kappa shape index (κ3) is 17.3. The molecule has 1 amide bonds. The van der Waals surface area contributed by atoms with E-state index in [2.05, 4.69) is 10.6 Å². The van der Waals surface area contributed by atoms with Gasteiger partial charge in [-0.1, -0.05) is 27.7 Å². The van der Waals surface area contributed by atoms with Gasteiger partial charge in [0.25, 0.3) is 0 Å². The molecule has 0 aromatic heterocycles. The number of hydrogen-bond donors (Lipinski definition) is 2. The summed E-state index contributed by atoms with van der Waals surface area (Å²) < 4.78 is 24.5. The molecule has 0 aliphatic heterocycles. The lowest BCUT2D eigenvalue weighted by Gasteiger charge is -2.29. The minimum atomic E-state index is -1.25. The molecule has 0 heterocycles. The predicted octanol–water partition coefficient (Wildman–Crippen LogP) is 2.54. The van der Waals surface area contributed by atoms with Crippen molar-refractivity contribution >= 4 is 5.91 Å². The highest BCUT2D eigenvalue weighted by Gasteiger charge is 2.30. The summed E-state index contributed by atoms with van der Waals surface area (Å²) in [5, 5.41) is 5.39. The number of nitrogens with one attached hydrogen (secondary N) is 2. The van der Waals surface area contributed by atoms with E-state index in [4.69, 9.17) is 9.47 Å². The van der Waals surface area contributed by atoms with Gasteiger partial charge in [-0.25, -0.2) is 4.39 Å². The average molecular weight is 324 g/mol. The van der Waals surface area contributed by atoms with Crippen LogP contribution in [0.4, 0.5) is 4.39 Å². The molecule has 0 aliphatic carbocycles. The fourth-order valence-corrected chi connectivity index (χ4v) is 1.21. The summed E-state index contributed by atoms with van der Waals surface area (Å²) in [5.41, 5.74) is -0.936. The zero-order chi connectivity index (χ0) is 18.0. The largest absolute Gasteiger partial charge is 0.378 e. The van der Waals surface area contributed by atoms with E-state index in [1.165, 1.54) is 6.92 Å². The van der Waals surface area contributed by atoms with Crippen LogP contribution in [0.5, 0.6) is 0 Å². The van der Waals surface area contributed by atoms with Crippen molar-refractivity contribution in [2.75, 3.05) is 40.0 Å². The second kappa shape index (κ2) is 18.3. The Bertz CT molecular complexity index is 239. The van der Waals surface area contributed by atoms with E-state index in [-0.39, 0.29) is 12.5 Å². The van der Waals surface area contributed by atoms with Crippen LogP contribution in [0, 0.1) is 0 Å². The molecule has 22 heavy (non-hydrogen) atoms. The maximum atomic E-state index is 13.8. The van der Waals surface area contributed by atoms with E-state index < -0.39 is 11.8 Å². The van der Waals surface area contributed by atoms with Crippen LogP contribution >= 0.6 is 0 Å². The molecular formula is C16H37FN2O3. The number of likely N-dealkylation sites (N-methyl/N-ethyl adjacent to an activating group) is 1. The van der Waals surface area contributed by atoms with Crippen molar-refractivity contribution in [1.29, 1.82) is 0 Å². The van der Waals surface area contributed by atoms with Crippen LogP contribution in [0.25, 0.3) is 0 Å². The highest BCUT2D eigenvalue weighted by molar-refractivity contribution is 5.72. The van der Waals surface area contributed by atoms with Gasteiger partial charge in [-0.2, -0.15) is 0 Å². The first-order valence-electron chi connectivity index (χ1n) is 8.15. The lowest BCUT2D eigenvalue weighted by molar-refractivity contribution is -0.120.